The van der Waals surface area contributed by atoms with Crippen molar-refractivity contribution in [2.75, 3.05) is 18.4 Å². The van der Waals surface area contributed by atoms with Gasteiger partial charge in [0, 0.05) is 30.8 Å². The fourth-order valence-electron chi connectivity index (χ4n) is 2.83. The van der Waals surface area contributed by atoms with Crippen molar-refractivity contribution in [3.8, 4) is 0 Å². The van der Waals surface area contributed by atoms with Crippen LogP contribution >= 0.6 is 0 Å². The van der Waals surface area contributed by atoms with Gasteiger partial charge in [0.1, 0.15) is 5.82 Å². The number of urea groups is 1. The van der Waals surface area contributed by atoms with E-state index in [2.05, 4.69) is 10.3 Å². The summed E-state index contributed by atoms with van der Waals surface area (Å²) in [6, 6.07) is 8.96. The van der Waals surface area contributed by atoms with Crippen LogP contribution in [0.4, 0.5) is 14.9 Å². The first-order valence-electron chi connectivity index (χ1n) is 7.89. The number of carbonyl (C=O) groups is 2. The number of halogens is 1. The fraction of sp³-hybridized carbons (Fsp3) is 0.278. The van der Waals surface area contributed by atoms with Crippen LogP contribution in [0.15, 0.2) is 48.8 Å². The molecule has 2 heterocycles. The minimum atomic E-state index is -0.353. The molecule has 24 heavy (non-hydrogen) atoms. The molecule has 1 fully saturated rings. The number of aromatic nitrogens is 1. The van der Waals surface area contributed by atoms with Gasteiger partial charge in [-0.2, -0.15) is 0 Å². The molecule has 1 aliphatic heterocycles. The second-order valence-electron chi connectivity index (χ2n) is 5.80. The number of nitrogens with one attached hydrogen (secondary N) is 1. The fourth-order valence-corrected chi connectivity index (χ4v) is 2.83. The summed E-state index contributed by atoms with van der Waals surface area (Å²) in [6.45, 7) is 1.04. The molecule has 0 unspecified atom stereocenters. The maximum atomic E-state index is 12.9. The van der Waals surface area contributed by atoms with Gasteiger partial charge < -0.3 is 10.2 Å². The Kier molecular flexibility index (Phi) is 4.84. The van der Waals surface area contributed by atoms with Gasteiger partial charge in [0.15, 0.2) is 5.78 Å². The van der Waals surface area contributed by atoms with Crippen molar-refractivity contribution < 1.29 is 14.0 Å². The van der Waals surface area contributed by atoms with E-state index in [1.54, 1.807) is 29.4 Å². The van der Waals surface area contributed by atoms with Crippen molar-refractivity contribution >= 4 is 17.5 Å². The highest BCUT2D eigenvalue weighted by molar-refractivity contribution is 5.98. The highest BCUT2D eigenvalue weighted by Crippen LogP contribution is 2.22. The molecule has 6 heteroatoms. The number of benzene rings is 1. The molecule has 1 N–H and O–H groups in total. The lowest BCUT2D eigenvalue weighted by atomic mass is 9.89. The zero-order valence-electron chi connectivity index (χ0n) is 13.1. The summed E-state index contributed by atoms with van der Waals surface area (Å²) in [5, 5.41) is 2.79. The summed E-state index contributed by atoms with van der Waals surface area (Å²) in [5.74, 6) is -0.464. The number of anilines is 1. The third kappa shape index (κ3) is 3.76. The van der Waals surface area contributed by atoms with E-state index in [4.69, 9.17) is 0 Å². The van der Waals surface area contributed by atoms with Gasteiger partial charge in [0.2, 0.25) is 0 Å². The number of carbonyl (C=O) groups excluding carboxylic acids is 2. The Bertz CT molecular complexity index is 711. The Morgan fingerprint density at radius 3 is 2.46 bits per heavy atom. The summed E-state index contributed by atoms with van der Waals surface area (Å²) in [5.41, 5.74) is 1.17. The predicted octanol–water partition coefficient (Wildman–Crippen LogP) is 3.35. The Hall–Kier alpha value is -2.76. The first-order chi connectivity index (χ1) is 11.6. The highest BCUT2D eigenvalue weighted by Gasteiger charge is 2.28. The summed E-state index contributed by atoms with van der Waals surface area (Å²) in [4.78, 5) is 30.3. The molecule has 124 valence electrons. The standard InChI is InChI=1S/C18H18FN3O2/c19-15-5-3-13(4-6-15)17(23)14-7-10-22(11-8-14)18(24)21-16-2-1-9-20-12-16/h1-6,9,12,14H,7-8,10-11H2,(H,21,24). The number of amides is 2. The number of likely N-dealkylation sites (tertiary alicyclic amines) is 1. The average Bonchev–Trinajstić information content (AvgIpc) is 2.63. The van der Waals surface area contributed by atoms with E-state index in [1.165, 1.54) is 24.3 Å². The topological polar surface area (TPSA) is 62.3 Å². The molecule has 0 aliphatic carbocycles. The van der Waals surface area contributed by atoms with Crippen LogP contribution in [0.1, 0.15) is 23.2 Å². The molecule has 2 aromatic rings. The largest absolute Gasteiger partial charge is 0.324 e. The van der Waals surface area contributed by atoms with E-state index >= 15 is 0 Å². The van der Waals surface area contributed by atoms with E-state index in [0.717, 1.165) is 0 Å². The van der Waals surface area contributed by atoms with Gasteiger partial charge in [-0.25, -0.2) is 9.18 Å². The van der Waals surface area contributed by atoms with E-state index in [9.17, 15) is 14.0 Å². The Labute approximate surface area is 139 Å². The number of piperidine rings is 1. The lowest BCUT2D eigenvalue weighted by Crippen LogP contribution is -2.42. The Morgan fingerprint density at radius 1 is 1.12 bits per heavy atom. The molecule has 0 spiro atoms. The molecule has 1 saturated heterocycles. The first-order valence-corrected chi connectivity index (χ1v) is 7.89. The highest BCUT2D eigenvalue weighted by atomic mass is 19.1. The number of Topliss-reactive ketones (excluding diaryl/α,β-unsaturated/α-hetero) is 1. The predicted molar refractivity (Wildman–Crippen MR) is 88.3 cm³/mol. The van der Waals surface area contributed by atoms with Gasteiger partial charge in [-0.1, -0.05) is 0 Å². The average molecular weight is 327 g/mol. The van der Waals surface area contributed by atoms with E-state index < -0.39 is 0 Å². The quantitative estimate of drug-likeness (QED) is 0.880. The van der Waals surface area contributed by atoms with Crippen LogP contribution in [0.3, 0.4) is 0 Å². The number of nitrogens with zero attached hydrogens (tertiary/aromatic N) is 2. The zero-order valence-corrected chi connectivity index (χ0v) is 13.1. The van der Waals surface area contributed by atoms with Gasteiger partial charge in [-0.05, 0) is 49.2 Å². The van der Waals surface area contributed by atoms with Crippen molar-refractivity contribution in [1.29, 1.82) is 0 Å². The molecule has 0 radical (unpaired) electrons. The molecule has 0 atom stereocenters. The third-order valence-electron chi connectivity index (χ3n) is 4.19. The SMILES string of the molecule is O=C(c1ccc(F)cc1)C1CCN(C(=O)Nc2cccnc2)CC1. The van der Waals surface area contributed by atoms with Crippen LogP contribution in [-0.2, 0) is 0 Å². The van der Waals surface area contributed by atoms with Crippen molar-refractivity contribution in [3.63, 3.8) is 0 Å². The lowest BCUT2D eigenvalue weighted by Gasteiger charge is -2.31. The summed E-state index contributed by atoms with van der Waals surface area (Å²) >= 11 is 0. The molecule has 0 saturated carbocycles. The van der Waals surface area contributed by atoms with Crippen LogP contribution in [0.5, 0.6) is 0 Å². The second-order valence-corrected chi connectivity index (χ2v) is 5.80. The smallest absolute Gasteiger partial charge is 0.321 e. The Balaban J connectivity index is 1.54. The molecule has 0 bridgehead atoms. The van der Waals surface area contributed by atoms with Gasteiger partial charge in [-0.15, -0.1) is 0 Å². The van der Waals surface area contributed by atoms with Gasteiger partial charge in [0.05, 0.1) is 11.9 Å². The van der Waals surface area contributed by atoms with Gasteiger partial charge in [-0.3, -0.25) is 9.78 Å². The van der Waals surface area contributed by atoms with Gasteiger partial charge >= 0.3 is 6.03 Å². The normalized spacial score (nSPS) is 15.1. The molecular weight excluding hydrogens is 309 g/mol. The third-order valence-corrected chi connectivity index (χ3v) is 4.19. The number of hydrogen-bond donors (Lipinski definition) is 1. The number of pyridine rings is 1. The van der Waals surface area contributed by atoms with Crippen molar-refractivity contribution in [2.45, 2.75) is 12.8 Å². The number of hydrogen-bond acceptors (Lipinski definition) is 3. The zero-order chi connectivity index (χ0) is 16.9. The maximum absolute atomic E-state index is 12.9. The van der Waals surface area contributed by atoms with Crippen molar-refractivity contribution in [1.82, 2.24) is 9.88 Å². The molecule has 3 rings (SSSR count). The van der Waals surface area contributed by atoms with Crippen LogP contribution in [0, 0.1) is 11.7 Å². The summed E-state index contributed by atoms with van der Waals surface area (Å²) < 4.78 is 12.9. The Morgan fingerprint density at radius 2 is 1.83 bits per heavy atom. The van der Waals surface area contributed by atoms with Crippen LogP contribution in [0.2, 0.25) is 0 Å². The second kappa shape index (κ2) is 7.21. The van der Waals surface area contributed by atoms with Crippen molar-refractivity contribution in [3.05, 3.63) is 60.2 Å². The number of rotatable bonds is 3. The van der Waals surface area contributed by atoms with Gasteiger partial charge in [0.25, 0.3) is 0 Å². The minimum Gasteiger partial charge on any atom is -0.324 e. The van der Waals surface area contributed by atoms with E-state index in [0.29, 0.717) is 37.2 Å². The lowest BCUT2D eigenvalue weighted by molar-refractivity contribution is 0.0859. The van der Waals surface area contributed by atoms with Crippen LogP contribution in [0.25, 0.3) is 0 Å². The summed E-state index contributed by atoms with van der Waals surface area (Å²) in [7, 11) is 0. The van der Waals surface area contributed by atoms with Crippen LogP contribution in [-0.4, -0.2) is 34.8 Å². The molecule has 1 aromatic carbocycles. The molecule has 5 nitrogen and oxygen atoms in total. The molecule has 1 aliphatic rings. The maximum Gasteiger partial charge on any atom is 0.321 e. The van der Waals surface area contributed by atoms with E-state index in [1.807, 2.05) is 0 Å². The molecule has 1 aromatic heterocycles. The summed E-state index contributed by atoms with van der Waals surface area (Å²) in [6.07, 6.45) is 4.44. The number of ketones is 1. The van der Waals surface area contributed by atoms with Crippen molar-refractivity contribution in [2.24, 2.45) is 5.92 Å². The first kappa shape index (κ1) is 16.1. The van der Waals surface area contributed by atoms with E-state index in [-0.39, 0.29) is 23.5 Å². The minimum absolute atomic E-state index is 0.0160. The molecular formula is C18H18FN3O2. The monoisotopic (exact) mass is 327 g/mol. The van der Waals surface area contributed by atoms with Crippen LogP contribution < -0.4 is 5.32 Å². The molecule has 2 amide bonds.